The first-order chi connectivity index (χ1) is 16.5. The lowest BCUT2D eigenvalue weighted by atomic mass is 9.95. The topological polar surface area (TPSA) is 82.6 Å². The molecular formula is C27H21ClN2O4. The van der Waals surface area contributed by atoms with E-state index in [0.717, 1.165) is 10.9 Å². The Morgan fingerprint density at radius 1 is 1.03 bits per heavy atom. The number of H-pyrrole nitrogens is 1. The van der Waals surface area contributed by atoms with Gasteiger partial charge in [-0.25, -0.2) is 0 Å². The number of aromatic amines is 1. The molecule has 0 bridgehead atoms. The number of ether oxygens (including phenoxy) is 1. The first-order valence-corrected chi connectivity index (χ1v) is 11.2. The summed E-state index contributed by atoms with van der Waals surface area (Å²) in [5.74, 6) is -1.03. The van der Waals surface area contributed by atoms with Crippen molar-refractivity contribution in [3.63, 3.8) is 0 Å². The maximum atomic E-state index is 13.3. The highest BCUT2D eigenvalue weighted by atomic mass is 35.5. The molecule has 0 aliphatic carbocycles. The molecule has 3 aromatic carbocycles. The summed E-state index contributed by atoms with van der Waals surface area (Å²) in [7, 11) is 0. The molecule has 2 N–H and O–H groups in total. The van der Waals surface area contributed by atoms with Gasteiger partial charge in [0.05, 0.1) is 18.2 Å². The number of fused-ring (bicyclic) bond motifs is 1. The summed E-state index contributed by atoms with van der Waals surface area (Å²) < 4.78 is 5.54. The number of benzene rings is 3. The number of hydrogen-bond acceptors (Lipinski definition) is 4. The minimum atomic E-state index is -0.828. The standard InChI is InChI=1S/C27H21ClN2O4/c1-2-34-19-13-7-16(8-14-19)24-23(25(31)21-15-29-22-6-4-3-5-20(21)22)26(32)27(33)30(24)18-11-9-17(28)10-12-18/h3-15,24,29,31H,2H2,1H3/b25-23-. The Hall–Kier alpha value is -4.03. The Balaban J connectivity index is 1.71. The molecular weight excluding hydrogens is 452 g/mol. The van der Waals surface area contributed by atoms with E-state index < -0.39 is 17.7 Å². The van der Waals surface area contributed by atoms with E-state index in [4.69, 9.17) is 16.3 Å². The lowest BCUT2D eigenvalue weighted by Gasteiger charge is -2.25. The van der Waals surface area contributed by atoms with Crippen LogP contribution >= 0.6 is 11.6 Å². The number of ketones is 1. The van der Waals surface area contributed by atoms with E-state index in [1.807, 2.05) is 31.2 Å². The number of aromatic nitrogens is 1. The number of nitrogens with zero attached hydrogens (tertiary/aromatic N) is 1. The minimum Gasteiger partial charge on any atom is -0.507 e. The molecule has 34 heavy (non-hydrogen) atoms. The van der Waals surface area contributed by atoms with E-state index >= 15 is 0 Å². The minimum absolute atomic E-state index is 0.0221. The predicted octanol–water partition coefficient (Wildman–Crippen LogP) is 5.85. The zero-order valence-electron chi connectivity index (χ0n) is 18.3. The Bertz CT molecular complexity index is 1420. The highest BCUT2D eigenvalue weighted by molar-refractivity contribution is 6.51. The second-order valence-corrected chi connectivity index (χ2v) is 8.33. The molecule has 1 atom stereocenters. The summed E-state index contributed by atoms with van der Waals surface area (Å²) >= 11 is 6.05. The van der Waals surface area contributed by atoms with Gasteiger partial charge >= 0.3 is 0 Å². The molecule has 1 aliphatic heterocycles. The van der Waals surface area contributed by atoms with Gasteiger partial charge in [0.25, 0.3) is 11.7 Å². The number of aliphatic hydroxyl groups excluding tert-OH is 1. The highest BCUT2D eigenvalue weighted by Gasteiger charge is 2.47. The molecule has 1 amide bonds. The van der Waals surface area contributed by atoms with Crippen LogP contribution < -0.4 is 9.64 Å². The third-order valence-corrected chi connectivity index (χ3v) is 6.15. The van der Waals surface area contributed by atoms with Crippen molar-refractivity contribution in [2.45, 2.75) is 13.0 Å². The quantitative estimate of drug-likeness (QED) is 0.217. The van der Waals surface area contributed by atoms with Crippen molar-refractivity contribution >= 4 is 45.6 Å². The Kier molecular flexibility index (Phi) is 5.59. The zero-order valence-corrected chi connectivity index (χ0v) is 19.0. The van der Waals surface area contributed by atoms with Crippen LogP contribution in [0.4, 0.5) is 5.69 Å². The normalized spacial score (nSPS) is 17.5. The number of anilines is 1. The maximum Gasteiger partial charge on any atom is 0.300 e. The van der Waals surface area contributed by atoms with Gasteiger partial charge in [0.1, 0.15) is 11.5 Å². The third kappa shape index (κ3) is 3.62. The van der Waals surface area contributed by atoms with Crippen LogP contribution in [0.3, 0.4) is 0 Å². The van der Waals surface area contributed by atoms with Crippen LogP contribution in [0.25, 0.3) is 16.7 Å². The van der Waals surface area contributed by atoms with Crippen LogP contribution in [0.1, 0.15) is 24.1 Å². The van der Waals surface area contributed by atoms with Crippen LogP contribution in [-0.4, -0.2) is 28.4 Å². The number of hydrogen-bond donors (Lipinski definition) is 2. The SMILES string of the molecule is CCOc1ccc(C2/C(=C(/O)c3c[nH]c4ccccc34)C(=O)C(=O)N2c2ccc(Cl)cc2)cc1. The summed E-state index contributed by atoms with van der Waals surface area (Å²) in [6.07, 6.45) is 1.64. The number of halogens is 1. The highest BCUT2D eigenvalue weighted by Crippen LogP contribution is 2.43. The fourth-order valence-electron chi connectivity index (χ4n) is 4.34. The lowest BCUT2D eigenvalue weighted by molar-refractivity contribution is -0.132. The van der Waals surface area contributed by atoms with E-state index in [0.29, 0.717) is 34.2 Å². The van der Waals surface area contributed by atoms with Gasteiger partial charge in [-0.2, -0.15) is 0 Å². The number of nitrogens with one attached hydrogen (secondary N) is 1. The monoisotopic (exact) mass is 472 g/mol. The van der Waals surface area contributed by atoms with Crippen LogP contribution in [0.5, 0.6) is 5.75 Å². The predicted molar refractivity (Wildman–Crippen MR) is 132 cm³/mol. The lowest BCUT2D eigenvalue weighted by Crippen LogP contribution is -2.29. The second-order valence-electron chi connectivity index (χ2n) is 7.90. The molecule has 4 aromatic rings. The van der Waals surface area contributed by atoms with E-state index in [9.17, 15) is 14.7 Å². The third-order valence-electron chi connectivity index (χ3n) is 5.90. The molecule has 0 saturated carbocycles. The summed E-state index contributed by atoms with van der Waals surface area (Å²) in [6, 6.07) is 20.5. The largest absolute Gasteiger partial charge is 0.507 e. The van der Waals surface area contributed by atoms with Gasteiger partial charge in [-0.05, 0) is 55.0 Å². The number of aliphatic hydroxyl groups is 1. The molecule has 170 valence electrons. The van der Waals surface area contributed by atoms with Crippen molar-refractivity contribution in [2.24, 2.45) is 0 Å². The zero-order chi connectivity index (χ0) is 23.8. The van der Waals surface area contributed by atoms with Gasteiger partial charge < -0.3 is 14.8 Å². The Morgan fingerprint density at radius 3 is 2.44 bits per heavy atom. The fourth-order valence-corrected chi connectivity index (χ4v) is 4.47. The summed E-state index contributed by atoms with van der Waals surface area (Å²) in [5, 5.41) is 12.7. The molecule has 7 heteroatoms. The van der Waals surface area contributed by atoms with Gasteiger partial charge in [0, 0.05) is 33.4 Å². The van der Waals surface area contributed by atoms with Crippen LogP contribution in [0.15, 0.2) is 84.6 Å². The number of carbonyl (C=O) groups excluding carboxylic acids is 2. The molecule has 6 nitrogen and oxygen atoms in total. The molecule has 1 unspecified atom stereocenters. The van der Waals surface area contributed by atoms with E-state index in [1.54, 1.807) is 54.7 Å². The van der Waals surface area contributed by atoms with E-state index in [1.165, 1.54) is 4.90 Å². The molecule has 1 saturated heterocycles. The first kappa shape index (κ1) is 21.8. The van der Waals surface area contributed by atoms with Crippen molar-refractivity contribution in [1.29, 1.82) is 0 Å². The van der Waals surface area contributed by atoms with Crippen LogP contribution in [-0.2, 0) is 9.59 Å². The van der Waals surface area contributed by atoms with Gasteiger partial charge in [-0.15, -0.1) is 0 Å². The fraction of sp³-hybridized carbons (Fsp3) is 0.111. The molecule has 5 rings (SSSR count). The summed E-state index contributed by atoms with van der Waals surface area (Å²) in [6.45, 7) is 2.41. The second kappa shape index (κ2) is 8.72. The van der Waals surface area contributed by atoms with Gasteiger partial charge in [-0.3, -0.25) is 14.5 Å². The van der Waals surface area contributed by atoms with Gasteiger partial charge in [-0.1, -0.05) is 41.9 Å². The van der Waals surface area contributed by atoms with Gasteiger partial charge in [0.15, 0.2) is 0 Å². The molecule has 0 radical (unpaired) electrons. The Labute approximate surface area is 201 Å². The summed E-state index contributed by atoms with van der Waals surface area (Å²) in [5.41, 5.74) is 2.46. The van der Waals surface area contributed by atoms with Crippen molar-refractivity contribution in [1.82, 2.24) is 4.98 Å². The van der Waals surface area contributed by atoms with Crippen molar-refractivity contribution in [2.75, 3.05) is 11.5 Å². The number of rotatable bonds is 5. The molecule has 1 aromatic heterocycles. The van der Waals surface area contributed by atoms with Crippen molar-refractivity contribution < 1.29 is 19.4 Å². The van der Waals surface area contributed by atoms with E-state index in [2.05, 4.69) is 4.98 Å². The van der Waals surface area contributed by atoms with Crippen molar-refractivity contribution in [3.05, 3.63) is 101 Å². The molecule has 0 spiro atoms. The van der Waals surface area contributed by atoms with Crippen molar-refractivity contribution in [3.8, 4) is 5.75 Å². The molecule has 1 fully saturated rings. The molecule has 1 aliphatic rings. The smallest absolute Gasteiger partial charge is 0.300 e. The molecule has 2 heterocycles. The number of Topliss-reactive ketones (excluding diaryl/α,β-unsaturated/α-hetero) is 1. The summed E-state index contributed by atoms with van der Waals surface area (Å²) in [4.78, 5) is 31.1. The average molecular weight is 473 g/mol. The Morgan fingerprint density at radius 2 is 1.74 bits per heavy atom. The van der Waals surface area contributed by atoms with Crippen LogP contribution in [0.2, 0.25) is 5.02 Å². The van der Waals surface area contributed by atoms with Crippen LogP contribution in [0, 0.1) is 0 Å². The first-order valence-electron chi connectivity index (χ1n) is 10.9. The number of para-hydroxylation sites is 1. The van der Waals surface area contributed by atoms with Gasteiger partial charge in [0.2, 0.25) is 0 Å². The maximum absolute atomic E-state index is 13.3. The van der Waals surface area contributed by atoms with E-state index in [-0.39, 0.29) is 11.3 Å². The number of amides is 1. The number of carbonyl (C=O) groups is 2. The average Bonchev–Trinajstić information content (AvgIpc) is 3.39.